The van der Waals surface area contributed by atoms with Crippen LogP contribution in [0.3, 0.4) is 0 Å². The van der Waals surface area contributed by atoms with Gasteiger partial charge in [0.2, 0.25) is 0 Å². The maximum absolute atomic E-state index is 12.6. The summed E-state index contributed by atoms with van der Waals surface area (Å²) in [5, 5.41) is 13.1. The first-order valence-corrected chi connectivity index (χ1v) is 7.44. The van der Waals surface area contributed by atoms with Gasteiger partial charge in [0.15, 0.2) is 0 Å². The highest BCUT2D eigenvalue weighted by molar-refractivity contribution is 6.33. The molecule has 0 fully saturated rings. The Bertz CT molecular complexity index is 917. The van der Waals surface area contributed by atoms with Crippen molar-refractivity contribution in [1.82, 2.24) is 5.32 Å². The molecule has 2 aromatic rings. The number of alkyl halides is 3. The highest BCUT2D eigenvalue weighted by atomic mass is 35.5. The molecule has 0 aliphatic rings. The second-order valence-corrected chi connectivity index (χ2v) is 5.39. The molecule has 0 unspecified atom stereocenters. The summed E-state index contributed by atoms with van der Waals surface area (Å²) in [6.07, 6.45) is -4.47. The van der Waals surface area contributed by atoms with Gasteiger partial charge in [-0.15, -0.1) is 0 Å². The molecule has 1 N–H and O–H groups in total. The lowest BCUT2D eigenvalue weighted by molar-refractivity contribution is -0.384. The predicted molar refractivity (Wildman–Crippen MR) is 88.8 cm³/mol. The van der Waals surface area contributed by atoms with E-state index in [-0.39, 0.29) is 28.4 Å². The van der Waals surface area contributed by atoms with Crippen molar-refractivity contribution in [3.05, 3.63) is 74.3 Å². The number of benzene rings is 2. The van der Waals surface area contributed by atoms with Crippen molar-refractivity contribution in [3.8, 4) is 11.8 Å². The summed E-state index contributed by atoms with van der Waals surface area (Å²) in [5.41, 5.74) is -1.07. The number of carbonyl (C=O) groups excluding carboxylic acids is 1. The number of nitro groups is 1. The van der Waals surface area contributed by atoms with E-state index in [9.17, 15) is 28.1 Å². The number of hydrogen-bond donors (Lipinski definition) is 1. The van der Waals surface area contributed by atoms with Crippen molar-refractivity contribution in [2.75, 3.05) is 6.54 Å². The van der Waals surface area contributed by atoms with E-state index in [0.29, 0.717) is 0 Å². The van der Waals surface area contributed by atoms with Gasteiger partial charge in [0.1, 0.15) is 0 Å². The van der Waals surface area contributed by atoms with E-state index < -0.39 is 22.6 Å². The van der Waals surface area contributed by atoms with Crippen molar-refractivity contribution in [1.29, 1.82) is 0 Å². The van der Waals surface area contributed by atoms with E-state index in [2.05, 4.69) is 17.2 Å². The Morgan fingerprint density at radius 2 is 1.96 bits per heavy atom. The lowest BCUT2D eigenvalue weighted by Gasteiger charge is -2.06. The zero-order valence-electron chi connectivity index (χ0n) is 12.9. The minimum absolute atomic E-state index is 0.0268. The van der Waals surface area contributed by atoms with E-state index in [1.807, 2.05) is 0 Å². The third-order valence-corrected chi connectivity index (χ3v) is 3.49. The highest BCUT2D eigenvalue weighted by Crippen LogP contribution is 2.29. The molecular formula is C17H10ClF3N2O3. The third kappa shape index (κ3) is 4.97. The largest absolute Gasteiger partial charge is 0.416 e. The molecule has 0 aliphatic heterocycles. The molecule has 0 saturated carbocycles. The summed E-state index contributed by atoms with van der Waals surface area (Å²) >= 11 is 5.84. The summed E-state index contributed by atoms with van der Waals surface area (Å²) in [6, 6.07) is 7.87. The molecule has 134 valence electrons. The van der Waals surface area contributed by atoms with E-state index in [4.69, 9.17) is 11.6 Å². The average Bonchev–Trinajstić information content (AvgIpc) is 2.58. The fourth-order valence-electron chi connectivity index (χ4n) is 1.94. The van der Waals surface area contributed by atoms with Gasteiger partial charge < -0.3 is 5.32 Å². The maximum atomic E-state index is 12.6. The lowest BCUT2D eigenvalue weighted by Crippen LogP contribution is -2.24. The first kappa shape index (κ1) is 19.3. The molecule has 5 nitrogen and oxygen atoms in total. The molecule has 0 heterocycles. The SMILES string of the molecule is O=C(NCC#Cc1cccc(C(F)(F)F)c1)c1cc([N+](=O)[O-])ccc1Cl. The van der Waals surface area contributed by atoms with E-state index in [1.54, 1.807) is 0 Å². The summed E-state index contributed by atoms with van der Waals surface area (Å²) in [5.74, 6) is 4.33. The van der Waals surface area contributed by atoms with E-state index in [0.717, 1.165) is 24.3 Å². The molecule has 0 aromatic heterocycles. The second-order valence-electron chi connectivity index (χ2n) is 4.98. The Hall–Kier alpha value is -3.05. The summed E-state index contributed by atoms with van der Waals surface area (Å²) in [7, 11) is 0. The molecular weight excluding hydrogens is 373 g/mol. The molecule has 0 atom stereocenters. The van der Waals surface area contributed by atoms with Crippen molar-refractivity contribution in [2.45, 2.75) is 6.18 Å². The van der Waals surface area contributed by atoms with Gasteiger partial charge in [0.25, 0.3) is 11.6 Å². The van der Waals surface area contributed by atoms with Gasteiger partial charge in [-0.05, 0) is 24.3 Å². The summed E-state index contributed by atoms with van der Waals surface area (Å²) < 4.78 is 37.8. The third-order valence-electron chi connectivity index (χ3n) is 3.17. The molecule has 1 amide bonds. The Labute approximate surface area is 150 Å². The van der Waals surface area contributed by atoms with Gasteiger partial charge in [0, 0.05) is 17.7 Å². The number of nitrogens with zero attached hydrogens (tertiary/aromatic N) is 1. The second kappa shape index (κ2) is 7.89. The number of non-ortho nitro benzene ring substituents is 1. The molecule has 2 rings (SSSR count). The minimum atomic E-state index is -4.47. The van der Waals surface area contributed by atoms with Crippen molar-refractivity contribution in [3.63, 3.8) is 0 Å². The molecule has 0 radical (unpaired) electrons. The number of amides is 1. The average molecular weight is 383 g/mol. The van der Waals surface area contributed by atoms with Crippen molar-refractivity contribution >= 4 is 23.2 Å². The van der Waals surface area contributed by atoms with Gasteiger partial charge >= 0.3 is 6.18 Å². The molecule has 26 heavy (non-hydrogen) atoms. The first-order chi connectivity index (χ1) is 12.2. The number of nitro benzene ring substituents is 1. The molecule has 0 spiro atoms. The molecule has 0 saturated heterocycles. The molecule has 0 aliphatic carbocycles. The van der Waals surface area contributed by atoms with E-state index >= 15 is 0 Å². The van der Waals surface area contributed by atoms with Crippen LogP contribution in [0.25, 0.3) is 0 Å². The fourth-order valence-corrected chi connectivity index (χ4v) is 2.14. The van der Waals surface area contributed by atoms with Crippen LogP contribution in [-0.4, -0.2) is 17.4 Å². The highest BCUT2D eigenvalue weighted by Gasteiger charge is 2.30. The zero-order chi connectivity index (χ0) is 19.3. The number of halogens is 4. The normalized spacial score (nSPS) is 10.6. The Kier molecular flexibility index (Phi) is 5.85. The van der Waals surface area contributed by atoms with Crippen LogP contribution in [0.2, 0.25) is 5.02 Å². The summed E-state index contributed by atoms with van der Waals surface area (Å²) in [4.78, 5) is 22.1. The molecule has 9 heteroatoms. The standard InChI is InChI=1S/C17H10ClF3N2O3/c18-15-7-6-13(23(25)26)10-14(15)16(24)22-8-2-4-11-3-1-5-12(9-11)17(19,20)21/h1,3,5-7,9-10H,8H2,(H,22,24). The van der Waals surface area contributed by atoms with Gasteiger partial charge in [0.05, 0.1) is 27.6 Å². The predicted octanol–water partition coefficient (Wildman–Crippen LogP) is 4.05. The van der Waals surface area contributed by atoms with Crippen LogP contribution in [-0.2, 0) is 6.18 Å². The number of hydrogen-bond acceptors (Lipinski definition) is 3. The summed E-state index contributed by atoms with van der Waals surface area (Å²) in [6.45, 7) is -0.173. The molecule has 0 bridgehead atoms. The van der Waals surface area contributed by atoms with Crippen LogP contribution in [0.5, 0.6) is 0 Å². The van der Waals surface area contributed by atoms with Crippen LogP contribution in [0.15, 0.2) is 42.5 Å². The van der Waals surface area contributed by atoms with Crippen molar-refractivity contribution < 1.29 is 22.9 Å². The van der Waals surface area contributed by atoms with Gasteiger partial charge in [-0.25, -0.2) is 0 Å². The van der Waals surface area contributed by atoms with Crippen LogP contribution < -0.4 is 5.32 Å². The molecule has 2 aromatic carbocycles. The Morgan fingerprint density at radius 3 is 2.62 bits per heavy atom. The van der Waals surface area contributed by atoms with Crippen LogP contribution >= 0.6 is 11.6 Å². The first-order valence-electron chi connectivity index (χ1n) is 7.07. The van der Waals surface area contributed by atoms with Crippen LogP contribution in [0.4, 0.5) is 18.9 Å². The van der Waals surface area contributed by atoms with Gasteiger partial charge in [-0.2, -0.15) is 13.2 Å². The number of carbonyl (C=O) groups is 1. The smallest absolute Gasteiger partial charge is 0.341 e. The topological polar surface area (TPSA) is 72.2 Å². The quantitative estimate of drug-likeness (QED) is 0.494. The van der Waals surface area contributed by atoms with E-state index in [1.165, 1.54) is 18.2 Å². The maximum Gasteiger partial charge on any atom is 0.416 e. The number of nitrogens with one attached hydrogen (secondary N) is 1. The van der Waals surface area contributed by atoms with Crippen LogP contribution in [0.1, 0.15) is 21.5 Å². The Morgan fingerprint density at radius 1 is 1.23 bits per heavy atom. The van der Waals surface area contributed by atoms with Gasteiger partial charge in [-0.1, -0.05) is 29.5 Å². The van der Waals surface area contributed by atoms with Crippen LogP contribution in [0, 0.1) is 22.0 Å². The number of rotatable bonds is 3. The van der Waals surface area contributed by atoms with Crippen molar-refractivity contribution in [2.24, 2.45) is 0 Å². The fraction of sp³-hybridized carbons (Fsp3) is 0.118. The van der Waals surface area contributed by atoms with Gasteiger partial charge in [-0.3, -0.25) is 14.9 Å². The minimum Gasteiger partial charge on any atom is -0.341 e. The monoisotopic (exact) mass is 382 g/mol. The zero-order valence-corrected chi connectivity index (χ0v) is 13.7. The Balaban J connectivity index is 2.05. The lowest BCUT2D eigenvalue weighted by atomic mass is 10.1.